The van der Waals surface area contributed by atoms with Crippen molar-refractivity contribution in [1.29, 1.82) is 0 Å². The number of halogens is 2. The van der Waals surface area contributed by atoms with Crippen LogP contribution in [0.5, 0.6) is 0 Å². The second-order valence-electron chi connectivity index (χ2n) is 4.28. The van der Waals surface area contributed by atoms with Crippen LogP contribution in [0.3, 0.4) is 0 Å². The van der Waals surface area contributed by atoms with Crippen LogP contribution in [0.4, 0.5) is 4.39 Å². The minimum absolute atomic E-state index is 0. The van der Waals surface area contributed by atoms with Gasteiger partial charge in [-0.05, 0) is 38.2 Å². The number of hydrogen-bond donors (Lipinski definition) is 1. The second kappa shape index (κ2) is 8.45. The molecule has 0 fully saturated rings. The monoisotopic (exact) mass is 260 g/mol. The van der Waals surface area contributed by atoms with Crippen LogP contribution in [0, 0.1) is 5.82 Å². The third-order valence-corrected chi connectivity index (χ3v) is 2.82. The van der Waals surface area contributed by atoms with Gasteiger partial charge in [0.1, 0.15) is 5.82 Å². The number of rotatable bonds is 6. The average Bonchev–Trinajstić information content (AvgIpc) is 2.26. The molecule has 0 spiro atoms. The van der Waals surface area contributed by atoms with Gasteiger partial charge in [0, 0.05) is 19.1 Å². The molecule has 17 heavy (non-hydrogen) atoms. The van der Waals surface area contributed by atoms with Crippen LogP contribution in [0.15, 0.2) is 24.3 Å². The smallest absolute Gasteiger partial charge is 0.123 e. The first kappa shape index (κ1) is 16.4. The molecule has 1 atom stereocenters. The maximum atomic E-state index is 12.7. The zero-order valence-electron chi connectivity index (χ0n) is 10.7. The number of nitrogens with zero attached hydrogens (tertiary/aromatic N) is 1. The molecule has 1 aromatic carbocycles. The average molecular weight is 261 g/mol. The normalized spacial score (nSPS) is 12.3. The Morgan fingerprint density at radius 3 is 2.29 bits per heavy atom. The Morgan fingerprint density at radius 1 is 1.24 bits per heavy atom. The molecule has 0 aliphatic rings. The SMILES string of the molecule is CCC(CNCc1ccc(F)cc1)N(C)C.Cl. The van der Waals surface area contributed by atoms with Gasteiger partial charge in [-0.1, -0.05) is 19.1 Å². The first-order valence-corrected chi connectivity index (χ1v) is 5.75. The Bertz CT molecular complexity index is 301. The van der Waals surface area contributed by atoms with Crippen LogP contribution in [0.25, 0.3) is 0 Å². The van der Waals surface area contributed by atoms with Crippen LogP contribution >= 0.6 is 12.4 Å². The molecule has 1 aromatic rings. The lowest BCUT2D eigenvalue weighted by Crippen LogP contribution is -2.37. The third-order valence-electron chi connectivity index (χ3n) is 2.82. The summed E-state index contributed by atoms with van der Waals surface area (Å²) >= 11 is 0. The van der Waals surface area contributed by atoms with Crippen molar-refractivity contribution in [2.45, 2.75) is 25.9 Å². The lowest BCUT2D eigenvalue weighted by atomic mass is 10.2. The van der Waals surface area contributed by atoms with Gasteiger partial charge in [-0.3, -0.25) is 0 Å². The summed E-state index contributed by atoms with van der Waals surface area (Å²) in [6, 6.07) is 7.19. The molecule has 0 amide bonds. The van der Waals surface area contributed by atoms with E-state index in [2.05, 4.69) is 31.2 Å². The minimum Gasteiger partial charge on any atom is -0.311 e. The van der Waals surface area contributed by atoms with Crippen LogP contribution < -0.4 is 5.32 Å². The van der Waals surface area contributed by atoms with E-state index in [4.69, 9.17) is 0 Å². The zero-order chi connectivity index (χ0) is 12.0. The van der Waals surface area contributed by atoms with Gasteiger partial charge >= 0.3 is 0 Å². The molecule has 0 radical (unpaired) electrons. The summed E-state index contributed by atoms with van der Waals surface area (Å²) < 4.78 is 12.7. The summed E-state index contributed by atoms with van der Waals surface area (Å²) in [5, 5.41) is 3.39. The van der Waals surface area contributed by atoms with Crippen LogP contribution in [0.2, 0.25) is 0 Å². The van der Waals surface area contributed by atoms with E-state index in [1.54, 1.807) is 0 Å². The minimum atomic E-state index is -0.177. The molecular weight excluding hydrogens is 239 g/mol. The molecule has 1 N–H and O–H groups in total. The number of nitrogens with one attached hydrogen (secondary N) is 1. The fourth-order valence-electron chi connectivity index (χ4n) is 1.68. The van der Waals surface area contributed by atoms with E-state index in [-0.39, 0.29) is 18.2 Å². The molecular formula is C13H22ClFN2. The maximum Gasteiger partial charge on any atom is 0.123 e. The predicted molar refractivity (Wildman–Crippen MR) is 73.1 cm³/mol. The van der Waals surface area contributed by atoms with Gasteiger partial charge in [-0.15, -0.1) is 12.4 Å². The quantitative estimate of drug-likeness (QED) is 0.846. The zero-order valence-corrected chi connectivity index (χ0v) is 11.6. The fraction of sp³-hybridized carbons (Fsp3) is 0.538. The van der Waals surface area contributed by atoms with E-state index < -0.39 is 0 Å². The van der Waals surface area contributed by atoms with Gasteiger partial charge in [-0.2, -0.15) is 0 Å². The molecule has 0 bridgehead atoms. The Balaban J connectivity index is 0.00000256. The van der Waals surface area contributed by atoms with E-state index in [1.807, 2.05) is 12.1 Å². The number of benzene rings is 1. The van der Waals surface area contributed by atoms with Crippen molar-refractivity contribution in [2.75, 3.05) is 20.6 Å². The highest BCUT2D eigenvalue weighted by Gasteiger charge is 2.07. The highest BCUT2D eigenvalue weighted by Crippen LogP contribution is 2.03. The second-order valence-corrected chi connectivity index (χ2v) is 4.28. The molecule has 98 valence electrons. The Labute approximate surface area is 110 Å². The number of likely N-dealkylation sites (N-methyl/N-ethyl adjacent to an activating group) is 1. The summed E-state index contributed by atoms with van der Waals surface area (Å²) in [5.41, 5.74) is 1.12. The molecule has 0 aliphatic heterocycles. The lowest BCUT2D eigenvalue weighted by Gasteiger charge is -2.23. The summed E-state index contributed by atoms with van der Waals surface area (Å²) in [6.07, 6.45) is 1.13. The van der Waals surface area contributed by atoms with E-state index in [1.165, 1.54) is 12.1 Å². The number of hydrogen-bond acceptors (Lipinski definition) is 2. The highest BCUT2D eigenvalue weighted by atomic mass is 35.5. The van der Waals surface area contributed by atoms with Crippen LogP contribution in [-0.4, -0.2) is 31.6 Å². The maximum absolute atomic E-state index is 12.7. The summed E-state index contributed by atoms with van der Waals surface area (Å²) in [6.45, 7) is 3.94. The van der Waals surface area contributed by atoms with Crippen molar-refractivity contribution in [3.8, 4) is 0 Å². The van der Waals surface area contributed by atoms with Gasteiger partial charge < -0.3 is 10.2 Å². The summed E-state index contributed by atoms with van der Waals surface area (Å²) in [5.74, 6) is -0.177. The lowest BCUT2D eigenvalue weighted by molar-refractivity contribution is 0.276. The first-order valence-electron chi connectivity index (χ1n) is 5.75. The molecule has 1 unspecified atom stereocenters. The molecule has 1 rings (SSSR count). The standard InChI is InChI=1S/C13H21FN2.ClH/c1-4-13(16(2)3)10-15-9-11-5-7-12(14)8-6-11;/h5-8,13,15H,4,9-10H2,1-3H3;1H. The van der Waals surface area contributed by atoms with Crippen molar-refractivity contribution in [1.82, 2.24) is 10.2 Å². The molecule has 0 heterocycles. The topological polar surface area (TPSA) is 15.3 Å². The van der Waals surface area contributed by atoms with Crippen molar-refractivity contribution >= 4 is 12.4 Å². The molecule has 4 heteroatoms. The predicted octanol–water partition coefficient (Wildman–Crippen LogP) is 2.68. The summed E-state index contributed by atoms with van der Waals surface area (Å²) in [7, 11) is 4.18. The van der Waals surface area contributed by atoms with Gasteiger partial charge in [0.15, 0.2) is 0 Å². The molecule has 0 aliphatic carbocycles. The summed E-state index contributed by atoms with van der Waals surface area (Å²) in [4.78, 5) is 2.22. The molecule has 0 aromatic heterocycles. The van der Waals surface area contributed by atoms with Crippen molar-refractivity contribution in [3.05, 3.63) is 35.6 Å². The molecule has 0 saturated carbocycles. The van der Waals surface area contributed by atoms with E-state index >= 15 is 0 Å². The molecule has 0 saturated heterocycles. The fourth-order valence-corrected chi connectivity index (χ4v) is 1.68. The van der Waals surface area contributed by atoms with Crippen molar-refractivity contribution in [2.24, 2.45) is 0 Å². The van der Waals surface area contributed by atoms with Crippen LogP contribution in [0.1, 0.15) is 18.9 Å². The highest BCUT2D eigenvalue weighted by molar-refractivity contribution is 5.85. The largest absolute Gasteiger partial charge is 0.311 e. The van der Waals surface area contributed by atoms with E-state index in [0.717, 1.165) is 25.1 Å². The van der Waals surface area contributed by atoms with Crippen molar-refractivity contribution < 1.29 is 4.39 Å². The molecule has 2 nitrogen and oxygen atoms in total. The van der Waals surface area contributed by atoms with E-state index in [0.29, 0.717) is 6.04 Å². The van der Waals surface area contributed by atoms with Crippen molar-refractivity contribution in [3.63, 3.8) is 0 Å². The Kier molecular flexibility index (Phi) is 8.13. The van der Waals surface area contributed by atoms with Gasteiger partial charge in [0.2, 0.25) is 0 Å². The first-order chi connectivity index (χ1) is 7.63. The Morgan fingerprint density at radius 2 is 1.82 bits per heavy atom. The van der Waals surface area contributed by atoms with Gasteiger partial charge in [-0.25, -0.2) is 4.39 Å². The van der Waals surface area contributed by atoms with Crippen LogP contribution in [-0.2, 0) is 6.54 Å². The van der Waals surface area contributed by atoms with Gasteiger partial charge in [0.05, 0.1) is 0 Å². The van der Waals surface area contributed by atoms with Gasteiger partial charge in [0.25, 0.3) is 0 Å². The Hall–Kier alpha value is -0.640. The van der Waals surface area contributed by atoms with E-state index in [9.17, 15) is 4.39 Å². The third kappa shape index (κ3) is 6.01.